The Balaban J connectivity index is 1.81. The van der Waals surface area contributed by atoms with E-state index in [9.17, 15) is 9.18 Å². The highest BCUT2D eigenvalue weighted by molar-refractivity contribution is 5.90. The number of rotatable bonds is 5. The van der Waals surface area contributed by atoms with Gasteiger partial charge < -0.3 is 15.4 Å². The van der Waals surface area contributed by atoms with E-state index in [1.807, 2.05) is 0 Å². The van der Waals surface area contributed by atoms with Crippen LogP contribution in [0, 0.1) is 5.82 Å². The topological polar surface area (TPSA) is 50.4 Å². The number of ether oxygens (including phenoxy) is 1. The van der Waals surface area contributed by atoms with E-state index in [1.165, 1.54) is 38.2 Å². The fraction of sp³-hybridized carbons (Fsp3) is 0.533. The van der Waals surface area contributed by atoms with Crippen molar-refractivity contribution in [3.05, 3.63) is 24.0 Å². The molecular formula is C15H21FN2O2. The molecule has 0 radical (unpaired) electrons. The third-order valence-corrected chi connectivity index (χ3v) is 3.57. The molecule has 1 amide bonds. The van der Waals surface area contributed by atoms with Crippen LogP contribution in [0.15, 0.2) is 18.2 Å². The number of hydrogen-bond donors (Lipinski definition) is 2. The van der Waals surface area contributed by atoms with Crippen molar-refractivity contribution in [3.8, 4) is 5.75 Å². The smallest absolute Gasteiger partial charge is 0.224 e. The van der Waals surface area contributed by atoms with Crippen molar-refractivity contribution >= 4 is 11.6 Å². The average molecular weight is 280 g/mol. The lowest BCUT2D eigenvalue weighted by Crippen LogP contribution is -2.34. The Hall–Kier alpha value is -1.62. The van der Waals surface area contributed by atoms with Gasteiger partial charge in [-0.3, -0.25) is 4.79 Å². The fourth-order valence-electron chi connectivity index (χ4n) is 2.44. The summed E-state index contributed by atoms with van der Waals surface area (Å²) in [7, 11) is 1.40. The Kier molecular flexibility index (Phi) is 5.35. The Morgan fingerprint density at radius 3 is 3.05 bits per heavy atom. The summed E-state index contributed by atoms with van der Waals surface area (Å²) in [6, 6.07) is 4.76. The van der Waals surface area contributed by atoms with Gasteiger partial charge in [-0.05, 0) is 37.9 Å². The lowest BCUT2D eigenvalue weighted by molar-refractivity contribution is -0.116. The molecule has 4 nitrogen and oxygen atoms in total. The van der Waals surface area contributed by atoms with E-state index in [0.29, 0.717) is 18.2 Å². The summed E-state index contributed by atoms with van der Waals surface area (Å²) in [6.07, 6.45) is 4.89. The normalized spacial score (nSPS) is 18.6. The van der Waals surface area contributed by atoms with E-state index in [0.717, 1.165) is 19.4 Å². The Morgan fingerprint density at radius 2 is 2.35 bits per heavy atom. The second-order valence-corrected chi connectivity index (χ2v) is 5.08. The maximum Gasteiger partial charge on any atom is 0.224 e. The molecule has 0 bridgehead atoms. The average Bonchev–Trinajstić information content (AvgIpc) is 2.48. The summed E-state index contributed by atoms with van der Waals surface area (Å²) in [6.45, 7) is 1.04. The largest absolute Gasteiger partial charge is 0.494 e. The number of methoxy groups -OCH3 is 1. The molecule has 2 rings (SSSR count). The molecule has 1 aliphatic heterocycles. The minimum Gasteiger partial charge on any atom is -0.494 e. The second kappa shape index (κ2) is 7.24. The molecule has 1 aromatic carbocycles. The molecule has 0 aromatic heterocycles. The van der Waals surface area contributed by atoms with Crippen LogP contribution >= 0.6 is 0 Å². The molecule has 1 unspecified atom stereocenters. The van der Waals surface area contributed by atoms with Crippen molar-refractivity contribution in [2.24, 2.45) is 0 Å². The van der Waals surface area contributed by atoms with Crippen LogP contribution in [0.2, 0.25) is 0 Å². The van der Waals surface area contributed by atoms with E-state index >= 15 is 0 Å². The number of benzene rings is 1. The monoisotopic (exact) mass is 280 g/mol. The minimum absolute atomic E-state index is 0.0500. The number of carbonyl (C=O) groups is 1. The first-order valence-corrected chi connectivity index (χ1v) is 7.06. The zero-order chi connectivity index (χ0) is 14.4. The van der Waals surface area contributed by atoms with E-state index in [-0.39, 0.29) is 11.7 Å². The summed E-state index contributed by atoms with van der Waals surface area (Å²) in [5.74, 6) is -0.348. The highest BCUT2D eigenvalue weighted by Crippen LogP contribution is 2.21. The molecule has 1 saturated heterocycles. The van der Waals surface area contributed by atoms with E-state index in [1.54, 1.807) is 0 Å². The van der Waals surface area contributed by atoms with Crippen LogP contribution in [0.1, 0.15) is 32.1 Å². The summed E-state index contributed by atoms with van der Waals surface area (Å²) in [4.78, 5) is 11.9. The zero-order valence-corrected chi connectivity index (χ0v) is 11.7. The van der Waals surface area contributed by atoms with Gasteiger partial charge in [0, 0.05) is 24.2 Å². The fourth-order valence-corrected chi connectivity index (χ4v) is 2.44. The van der Waals surface area contributed by atoms with Crippen LogP contribution in [-0.2, 0) is 4.79 Å². The number of nitrogens with one attached hydrogen (secondary N) is 2. The van der Waals surface area contributed by atoms with Crippen molar-refractivity contribution in [1.29, 1.82) is 0 Å². The number of amides is 1. The van der Waals surface area contributed by atoms with Gasteiger partial charge in [-0.2, -0.15) is 0 Å². The summed E-state index contributed by atoms with van der Waals surface area (Å²) >= 11 is 0. The number of anilines is 1. The molecule has 1 atom stereocenters. The molecule has 110 valence electrons. The van der Waals surface area contributed by atoms with Gasteiger partial charge in [0.2, 0.25) is 5.91 Å². The van der Waals surface area contributed by atoms with Gasteiger partial charge in [-0.15, -0.1) is 0 Å². The molecular weight excluding hydrogens is 259 g/mol. The number of hydrogen-bond acceptors (Lipinski definition) is 3. The van der Waals surface area contributed by atoms with E-state index in [2.05, 4.69) is 10.6 Å². The highest BCUT2D eigenvalue weighted by Gasteiger charge is 2.14. The maximum absolute atomic E-state index is 13.3. The Bertz CT molecular complexity index is 459. The van der Waals surface area contributed by atoms with E-state index in [4.69, 9.17) is 4.74 Å². The molecule has 1 heterocycles. The first-order valence-electron chi connectivity index (χ1n) is 7.06. The van der Waals surface area contributed by atoms with Crippen LogP contribution in [-0.4, -0.2) is 25.6 Å². The molecule has 5 heteroatoms. The maximum atomic E-state index is 13.3. The summed E-state index contributed by atoms with van der Waals surface area (Å²) < 4.78 is 18.1. The molecule has 2 N–H and O–H groups in total. The lowest BCUT2D eigenvalue weighted by Gasteiger charge is -2.23. The van der Waals surface area contributed by atoms with Crippen molar-refractivity contribution in [1.82, 2.24) is 5.32 Å². The predicted molar refractivity (Wildman–Crippen MR) is 76.5 cm³/mol. The van der Waals surface area contributed by atoms with Crippen molar-refractivity contribution in [3.63, 3.8) is 0 Å². The third kappa shape index (κ3) is 4.20. The second-order valence-electron chi connectivity index (χ2n) is 5.08. The van der Waals surface area contributed by atoms with Crippen LogP contribution < -0.4 is 15.4 Å². The zero-order valence-electron chi connectivity index (χ0n) is 11.7. The molecule has 0 spiro atoms. The first kappa shape index (κ1) is 14.8. The molecule has 0 saturated carbocycles. The van der Waals surface area contributed by atoms with Gasteiger partial charge in [-0.25, -0.2) is 4.39 Å². The van der Waals surface area contributed by atoms with Gasteiger partial charge in [0.1, 0.15) is 0 Å². The Morgan fingerprint density at radius 1 is 1.50 bits per heavy atom. The number of piperidine rings is 1. The van der Waals surface area contributed by atoms with Crippen LogP contribution in [0.3, 0.4) is 0 Å². The number of carbonyl (C=O) groups excluding carboxylic acids is 1. The van der Waals surface area contributed by atoms with Gasteiger partial charge >= 0.3 is 0 Å². The SMILES string of the molecule is COc1cc(NC(=O)CCC2CCCCN2)ccc1F. The first-order chi connectivity index (χ1) is 9.69. The standard InChI is InChI=1S/C15H21FN2O2/c1-20-14-10-12(5-7-13(14)16)18-15(19)8-6-11-4-2-3-9-17-11/h5,7,10-11,17H,2-4,6,8-9H2,1H3,(H,18,19). The molecule has 1 aromatic rings. The predicted octanol–water partition coefficient (Wildman–Crippen LogP) is 2.70. The molecule has 20 heavy (non-hydrogen) atoms. The Labute approximate surface area is 118 Å². The van der Waals surface area contributed by atoms with Crippen molar-refractivity contribution in [2.45, 2.75) is 38.1 Å². The van der Waals surface area contributed by atoms with Crippen LogP contribution in [0.25, 0.3) is 0 Å². The lowest BCUT2D eigenvalue weighted by atomic mass is 10.0. The summed E-state index contributed by atoms with van der Waals surface area (Å²) in [5.41, 5.74) is 0.560. The highest BCUT2D eigenvalue weighted by atomic mass is 19.1. The van der Waals surface area contributed by atoms with Crippen molar-refractivity contribution < 1.29 is 13.9 Å². The van der Waals surface area contributed by atoms with E-state index < -0.39 is 5.82 Å². The molecule has 0 aliphatic carbocycles. The van der Waals surface area contributed by atoms with Gasteiger partial charge in [0.15, 0.2) is 11.6 Å². The molecule has 1 aliphatic rings. The van der Waals surface area contributed by atoms with Crippen molar-refractivity contribution in [2.75, 3.05) is 19.0 Å². The van der Waals surface area contributed by atoms with Crippen LogP contribution in [0.4, 0.5) is 10.1 Å². The van der Waals surface area contributed by atoms with Gasteiger partial charge in [0.25, 0.3) is 0 Å². The van der Waals surface area contributed by atoms with Gasteiger partial charge in [0.05, 0.1) is 7.11 Å². The molecule has 1 fully saturated rings. The van der Waals surface area contributed by atoms with Crippen LogP contribution in [0.5, 0.6) is 5.75 Å². The quantitative estimate of drug-likeness (QED) is 0.872. The minimum atomic E-state index is -0.433. The summed E-state index contributed by atoms with van der Waals surface area (Å²) in [5, 5.41) is 6.18. The van der Waals surface area contributed by atoms with Gasteiger partial charge in [-0.1, -0.05) is 6.42 Å². The number of halogens is 1. The third-order valence-electron chi connectivity index (χ3n) is 3.57.